The average molecular weight is 300 g/mol. The molecule has 0 aliphatic rings. The lowest BCUT2D eigenvalue weighted by Gasteiger charge is -2.16. The van der Waals surface area contributed by atoms with Crippen LogP contribution >= 0.6 is 15.9 Å². The highest BCUT2D eigenvalue weighted by molar-refractivity contribution is 9.10. The summed E-state index contributed by atoms with van der Waals surface area (Å²) in [6.07, 6.45) is 2.57. The zero-order valence-corrected chi connectivity index (χ0v) is 11.8. The summed E-state index contributed by atoms with van der Waals surface area (Å²) in [6, 6.07) is 5.27. The first-order valence-corrected chi connectivity index (χ1v) is 6.59. The van der Waals surface area contributed by atoms with Crippen LogP contribution < -0.4 is 5.32 Å². The number of carboxylic acid groups (broad SMARTS) is 1. The monoisotopic (exact) mass is 299 g/mol. The van der Waals surface area contributed by atoms with Crippen LogP contribution in [0.2, 0.25) is 0 Å². The van der Waals surface area contributed by atoms with E-state index in [1.54, 1.807) is 0 Å². The number of carboxylic acids is 1. The number of nitrogens with one attached hydrogen (secondary N) is 1. The third-order valence-corrected chi connectivity index (χ3v) is 3.51. The lowest BCUT2D eigenvalue weighted by molar-refractivity contribution is -0.138. The quantitative estimate of drug-likeness (QED) is 0.840. The van der Waals surface area contributed by atoms with Crippen LogP contribution in [0.15, 0.2) is 22.7 Å². The maximum absolute atomic E-state index is 11.1. The van der Waals surface area contributed by atoms with Crippen molar-refractivity contribution in [2.24, 2.45) is 0 Å². The van der Waals surface area contributed by atoms with Crippen molar-refractivity contribution in [1.82, 2.24) is 0 Å². The van der Waals surface area contributed by atoms with E-state index in [0.29, 0.717) is 6.42 Å². The number of carbonyl (C=O) groups is 1. The number of hydrogen-bond donors (Lipinski definition) is 2. The van der Waals surface area contributed by atoms with E-state index in [-0.39, 0.29) is 0 Å². The van der Waals surface area contributed by atoms with Crippen LogP contribution in [0.4, 0.5) is 5.69 Å². The smallest absolute Gasteiger partial charge is 0.326 e. The molecule has 0 radical (unpaired) electrons. The van der Waals surface area contributed by atoms with Crippen LogP contribution in [0.25, 0.3) is 0 Å². The molecular formula is C13H18BrNO2. The molecule has 3 nitrogen and oxygen atoms in total. The number of unbranched alkanes of at least 4 members (excludes halogenated alkanes) is 1. The van der Waals surface area contributed by atoms with Gasteiger partial charge in [0.1, 0.15) is 6.04 Å². The fraction of sp³-hybridized carbons (Fsp3) is 0.462. The van der Waals surface area contributed by atoms with Gasteiger partial charge in [-0.1, -0.05) is 41.8 Å². The first-order chi connectivity index (χ1) is 8.04. The molecule has 94 valence electrons. The number of aryl methyl sites for hydroxylation is 1. The molecule has 0 spiro atoms. The van der Waals surface area contributed by atoms with Crippen LogP contribution in [0.1, 0.15) is 31.7 Å². The largest absolute Gasteiger partial charge is 0.480 e. The Bertz CT molecular complexity index is 393. The van der Waals surface area contributed by atoms with Gasteiger partial charge in [-0.25, -0.2) is 4.79 Å². The summed E-state index contributed by atoms with van der Waals surface area (Å²) in [4.78, 5) is 11.1. The Morgan fingerprint density at radius 1 is 1.53 bits per heavy atom. The molecule has 0 heterocycles. The van der Waals surface area contributed by atoms with Crippen molar-refractivity contribution >= 4 is 27.6 Å². The lowest BCUT2D eigenvalue weighted by atomic mass is 10.1. The first-order valence-electron chi connectivity index (χ1n) is 5.80. The van der Waals surface area contributed by atoms with Crippen LogP contribution in [0.5, 0.6) is 0 Å². The van der Waals surface area contributed by atoms with E-state index in [1.165, 1.54) is 0 Å². The number of rotatable bonds is 6. The third kappa shape index (κ3) is 4.38. The Balaban J connectivity index is 2.71. The minimum atomic E-state index is -0.796. The van der Waals surface area contributed by atoms with Crippen LogP contribution in [-0.4, -0.2) is 17.1 Å². The number of aliphatic carboxylic acids is 1. The summed E-state index contributed by atoms with van der Waals surface area (Å²) < 4.78 is 0.988. The number of anilines is 1. The Morgan fingerprint density at radius 3 is 2.76 bits per heavy atom. The van der Waals surface area contributed by atoms with E-state index in [2.05, 4.69) is 28.2 Å². The molecule has 0 fully saturated rings. The number of benzene rings is 1. The highest BCUT2D eigenvalue weighted by Gasteiger charge is 2.16. The molecule has 0 aliphatic carbocycles. The average Bonchev–Trinajstić information content (AvgIpc) is 2.28. The molecule has 17 heavy (non-hydrogen) atoms. The molecule has 1 unspecified atom stereocenters. The van der Waals surface area contributed by atoms with Gasteiger partial charge in [-0.05, 0) is 31.0 Å². The molecular weight excluding hydrogens is 282 g/mol. The van der Waals surface area contributed by atoms with Gasteiger partial charge in [-0.15, -0.1) is 0 Å². The maximum atomic E-state index is 11.1. The summed E-state index contributed by atoms with van der Waals surface area (Å²) in [5.74, 6) is -0.796. The summed E-state index contributed by atoms with van der Waals surface area (Å²) in [5, 5.41) is 12.2. The van der Waals surface area contributed by atoms with Crippen molar-refractivity contribution in [3.05, 3.63) is 28.2 Å². The molecule has 4 heteroatoms. The van der Waals surface area contributed by atoms with E-state index in [9.17, 15) is 4.79 Å². The van der Waals surface area contributed by atoms with Gasteiger partial charge in [0.2, 0.25) is 0 Å². The predicted molar refractivity (Wildman–Crippen MR) is 73.5 cm³/mol. The van der Waals surface area contributed by atoms with Crippen molar-refractivity contribution in [1.29, 1.82) is 0 Å². The van der Waals surface area contributed by atoms with Gasteiger partial charge in [0.15, 0.2) is 0 Å². The molecule has 0 aromatic heterocycles. The van der Waals surface area contributed by atoms with Gasteiger partial charge in [0.25, 0.3) is 0 Å². The molecule has 0 saturated carbocycles. The van der Waals surface area contributed by atoms with Crippen LogP contribution in [0.3, 0.4) is 0 Å². The van der Waals surface area contributed by atoms with E-state index in [0.717, 1.165) is 28.6 Å². The summed E-state index contributed by atoms with van der Waals surface area (Å²) in [5.41, 5.74) is 1.97. The van der Waals surface area contributed by atoms with Crippen molar-refractivity contribution in [3.63, 3.8) is 0 Å². The zero-order chi connectivity index (χ0) is 12.8. The molecule has 0 amide bonds. The fourth-order valence-electron chi connectivity index (χ4n) is 1.55. The predicted octanol–water partition coefficient (Wildman–Crippen LogP) is 3.81. The van der Waals surface area contributed by atoms with Crippen molar-refractivity contribution in [3.8, 4) is 0 Å². The van der Waals surface area contributed by atoms with Crippen LogP contribution in [-0.2, 0) is 4.79 Å². The lowest BCUT2D eigenvalue weighted by Crippen LogP contribution is -2.29. The standard InChI is InChI=1S/C13H18BrNO2/c1-3-4-5-12(13(16)17)15-10-7-6-9(2)11(14)8-10/h6-8,12,15H,3-5H2,1-2H3,(H,16,17). The minimum Gasteiger partial charge on any atom is -0.480 e. The Labute approximate surface area is 110 Å². The van der Waals surface area contributed by atoms with Gasteiger partial charge in [-0.3, -0.25) is 0 Å². The van der Waals surface area contributed by atoms with Crippen molar-refractivity contribution < 1.29 is 9.90 Å². The Morgan fingerprint density at radius 2 is 2.24 bits per heavy atom. The van der Waals surface area contributed by atoms with Gasteiger partial charge in [0.05, 0.1) is 0 Å². The highest BCUT2D eigenvalue weighted by Crippen LogP contribution is 2.21. The Kier molecular flexibility index (Phi) is 5.48. The summed E-state index contributed by atoms with van der Waals surface area (Å²) in [6.45, 7) is 4.06. The molecule has 0 bridgehead atoms. The molecule has 0 saturated heterocycles. The Hall–Kier alpha value is -1.03. The molecule has 1 aromatic rings. The first kappa shape index (κ1) is 14.0. The van der Waals surface area contributed by atoms with Gasteiger partial charge < -0.3 is 10.4 Å². The molecule has 1 aromatic carbocycles. The fourth-order valence-corrected chi connectivity index (χ4v) is 1.93. The van der Waals surface area contributed by atoms with Crippen molar-refractivity contribution in [2.75, 3.05) is 5.32 Å². The second-order valence-electron chi connectivity index (χ2n) is 4.14. The van der Waals surface area contributed by atoms with Gasteiger partial charge >= 0.3 is 5.97 Å². The number of halogens is 1. The van der Waals surface area contributed by atoms with E-state index in [1.807, 2.05) is 25.1 Å². The second kappa shape index (κ2) is 6.64. The summed E-state index contributed by atoms with van der Waals surface area (Å²) >= 11 is 3.44. The minimum absolute atomic E-state index is 0.510. The SMILES string of the molecule is CCCCC(Nc1ccc(C)c(Br)c1)C(=O)O. The topological polar surface area (TPSA) is 49.3 Å². The van der Waals surface area contributed by atoms with E-state index < -0.39 is 12.0 Å². The van der Waals surface area contributed by atoms with Crippen molar-refractivity contribution in [2.45, 2.75) is 39.2 Å². The second-order valence-corrected chi connectivity index (χ2v) is 5.00. The molecule has 2 N–H and O–H groups in total. The normalized spacial score (nSPS) is 12.2. The van der Waals surface area contributed by atoms with E-state index >= 15 is 0 Å². The summed E-state index contributed by atoms with van der Waals surface area (Å²) in [7, 11) is 0. The molecule has 1 rings (SSSR count). The van der Waals surface area contributed by atoms with E-state index in [4.69, 9.17) is 5.11 Å². The highest BCUT2D eigenvalue weighted by atomic mass is 79.9. The zero-order valence-electron chi connectivity index (χ0n) is 10.2. The van der Waals surface area contributed by atoms with Gasteiger partial charge in [-0.2, -0.15) is 0 Å². The third-order valence-electron chi connectivity index (χ3n) is 2.66. The molecule has 1 atom stereocenters. The molecule has 0 aliphatic heterocycles. The number of hydrogen-bond acceptors (Lipinski definition) is 2. The van der Waals surface area contributed by atoms with Gasteiger partial charge in [0, 0.05) is 10.2 Å². The maximum Gasteiger partial charge on any atom is 0.326 e. The van der Waals surface area contributed by atoms with Crippen LogP contribution in [0, 0.1) is 6.92 Å².